The van der Waals surface area contributed by atoms with Gasteiger partial charge in [0.15, 0.2) is 11.6 Å². The first-order chi connectivity index (χ1) is 14.7. The van der Waals surface area contributed by atoms with Crippen molar-refractivity contribution in [3.8, 4) is 16.9 Å². The van der Waals surface area contributed by atoms with Gasteiger partial charge < -0.3 is 4.74 Å². The summed E-state index contributed by atoms with van der Waals surface area (Å²) in [5.41, 5.74) is 4.16. The SMILES string of the molecule is COc1ccc(C(=O)c2ccccc2)cc1-c1ccc(C(=O)c2ccccc2)cc1. The van der Waals surface area contributed by atoms with Gasteiger partial charge in [-0.25, -0.2) is 0 Å². The van der Waals surface area contributed by atoms with Crippen molar-refractivity contribution in [2.24, 2.45) is 0 Å². The first-order valence-electron chi connectivity index (χ1n) is 9.65. The molecule has 0 radical (unpaired) electrons. The smallest absolute Gasteiger partial charge is 0.193 e. The van der Waals surface area contributed by atoms with Crippen LogP contribution in [0.3, 0.4) is 0 Å². The van der Waals surface area contributed by atoms with E-state index in [-0.39, 0.29) is 11.6 Å². The van der Waals surface area contributed by atoms with Gasteiger partial charge in [-0.15, -0.1) is 0 Å². The normalized spacial score (nSPS) is 10.4. The maximum atomic E-state index is 12.8. The van der Waals surface area contributed by atoms with Gasteiger partial charge in [-0.3, -0.25) is 9.59 Å². The zero-order valence-electron chi connectivity index (χ0n) is 16.5. The molecule has 0 saturated heterocycles. The van der Waals surface area contributed by atoms with E-state index in [4.69, 9.17) is 4.74 Å². The molecule has 0 saturated carbocycles. The minimum absolute atomic E-state index is 0.0258. The first kappa shape index (κ1) is 19.3. The predicted octanol–water partition coefficient (Wildman–Crippen LogP) is 5.82. The van der Waals surface area contributed by atoms with Gasteiger partial charge in [0.05, 0.1) is 7.11 Å². The van der Waals surface area contributed by atoms with Gasteiger partial charge in [0, 0.05) is 27.8 Å². The summed E-state index contributed by atoms with van der Waals surface area (Å²) in [6.45, 7) is 0. The van der Waals surface area contributed by atoms with Crippen molar-refractivity contribution >= 4 is 11.6 Å². The molecule has 0 N–H and O–H groups in total. The van der Waals surface area contributed by atoms with Crippen LogP contribution in [0.4, 0.5) is 0 Å². The predicted molar refractivity (Wildman–Crippen MR) is 118 cm³/mol. The molecule has 0 heterocycles. The third-order valence-electron chi connectivity index (χ3n) is 4.99. The van der Waals surface area contributed by atoms with Gasteiger partial charge in [-0.2, -0.15) is 0 Å². The van der Waals surface area contributed by atoms with Crippen LogP contribution in [0.15, 0.2) is 103 Å². The van der Waals surface area contributed by atoms with Crippen LogP contribution < -0.4 is 4.74 Å². The molecule has 0 fully saturated rings. The molecule has 0 aromatic heterocycles. The minimum Gasteiger partial charge on any atom is -0.496 e. The number of rotatable bonds is 6. The third-order valence-corrected chi connectivity index (χ3v) is 4.99. The Labute approximate surface area is 175 Å². The standard InChI is InChI=1S/C27H20O3/c1-30-25-17-16-23(27(29)21-10-6-3-7-11-21)18-24(25)19-12-14-22(15-13-19)26(28)20-8-4-2-5-9-20/h2-18H,1H3. The highest BCUT2D eigenvalue weighted by molar-refractivity contribution is 6.10. The highest BCUT2D eigenvalue weighted by Gasteiger charge is 2.14. The second-order valence-corrected chi connectivity index (χ2v) is 6.88. The van der Waals surface area contributed by atoms with Crippen LogP contribution in [0.25, 0.3) is 11.1 Å². The second-order valence-electron chi connectivity index (χ2n) is 6.88. The summed E-state index contributed by atoms with van der Waals surface area (Å²) in [5, 5.41) is 0. The summed E-state index contributed by atoms with van der Waals surface area (Å²) >= 11 is 0. The molecular formula is C27H20O3. The van der Waals surface area contributed by atoms with Gasteiger partial charge in [0.25, 0.3) is 0 Å². The highest BCUT2D eigenvalue weighted by atomic mass is 16.5. The van der Waals surface area contributed by atoms with Crippen molar-refractivity contribution in [2.45, 2.75) is 0 Å². The Balaban J connectivity index is 1.67. The number of hydrogen-bond acceptors (Lipinski definition) is 3. The lowest BCUT2D eigenvalue weighted by Gasteiger charge is -2.11. The van der Waals surface area contributed by atoms with Crippen molar-refractivity contribution in [1.82, 2.24) is 0 Å². The molecule has 0 aliphatic heterocycles. The number of hydrogen-bond donors (Lipinski definition) is 0. The van der Waals surface area contributed by atoms with Gasteiger partial charge in [0.1, 0.15) is 5.75 Å². The molecule has 4 aromatic rings. The van der Waals surface area contributed by atoms with E-state index < -0.39 is 0 Å². The molecule has 0 bridgehead atoms. The largest absolute Gasteiger partial charge is 0.496 e. The summed E-state index contributed by atoms with van der Waals surface area (Å²) in [5.74, 6) is 0.597. The molecule has 0 unspecified atom stereocenters. The van der Waals surface area contributed by atoms with Crippen LogP contribution >= 0.6 is 0 Å². The van der Waals surface area contributed by atoms with Crippen LogP contribution in [-0.4, -0.2) is 18.7 Å². The Hall–Kier alpha value is -3.98. The first-order valence-corrected chi connectivity index (χ1v) is 9.65. The van der Waals surface area contributed by atoms with Crippen molar-refractivity contribution in [2.75, 3.05) is 7.11 Å². The van der Waals surface area contributed by atoms with Gasteiger partial charge >= 0.3 is 0 Å². The van der Waals surface area contributed by atoms with E-state index in [1.165, 1.54) is 0 Å². The number of benzene rings is 4. The van der Waals surface area contributed by atoms with Crippen LogP contribution in [0, 0.1) is 0 Å². The lowest BCUT2D eigenvalue weighted by molar-refractivity contribution is 0.103. The minimum atomic E-state index is -0.0459. The topological polar surface area (TPSA) is 43.4 Å². The molecule has 0 aliphatic carbocycles. The number of methoxy groups -OCH3 is 1. The van der Waals surface area contributed by atoms with Crippen molar-refractivity contribution in [3.63, 3.8) is 0 Å². The average Bonchev–Trinajstić information content (AvgIpc) is 2.84. The van der Waals surface area contributed by atoms with Gasteiger partial charge in [-0.05, 0) is 23.8 Å². The van der Waals surface area contributed by atoms with Crippen LogP contribution in [-0.2, 0) is 0 Å². The Bertz CT molecular complexity index is 1180. The van der Waals surface area contributed by atoms with Crippen LogP contribution in [0.2, 0.25) is 0 Å². The molecule has 30 heavy (non-hydrogen) atoms. The second kappa shape index (κ2) is 8.58. The van der Waals surface area contributed by atoms with E-state index in [1.54, 1.807) is 55.6 Å². The van der Waals surface area contributed by atoms with Gasteiger partial charge in [0.2, 0.25) is 0 Å². The molecule has 3 nitrogen and oxygen atoms in total. The van der Waals surface area contributed by atoms with Crippen LogP contribution in [0.5, 0.6) is 5.75 Å². The van der Waals surface area contributed by atoms with E-state index in [0.717, 1.165) is 11.1 Å². The van der Waals surface area contributed by atoms with Crippen molar-refractivity contribution in [1.29, 1.82) is 0 Å². The van der Waals surface area contributed by atoms with E-state index >= 15 is 0 Å². The Kier molecular flexibility index (Phi) is 5.53. The zero-order chi connectivity index (χ0) is 20.9. The summed E-state index contributed by atoms with van der Waals surface area (Å²) < 4.78 is 5.51. The Morgan fingerprint density at radius 1 is 0.567 bits per heavy atom. The lowest BCUT2D eigenvalue weighted by Crippen LogP contribution is -2.02. The maximum Gasteiger partial charge on any atom is 0.193 e. The zero-order valence-corrected chi connectivity index (χ0v) is 16.5. The number of ketones is 2. The monoisotopic (exact) mass is 392 g/mol. The van der Waals surface area contributed by atoms with Crippen molar-refractivity contribution in [3.05, 3.63) is 125 Å². The maximum absolute atomic E-state index is 12.8. The molecule has 0 atom stereocenters. The quantitative estimate of drug-likeness (QED) is 0.388. The van der Waals surface area contributed by atoms with Gasteiger partial charge in [-0.1, -0.05) is 84.9 Å². The fraction of sp³-hybridized carbons (Fsp3) is 0.0370. The number of ether oxygens (including phenoxy) is 1. The van der Waals surface area contributed by atoms with Crippen molar-refractivity contribution < 1.29 is 14.3 Å². The molecule has 4 rings (SSSR count). The van der Waals surface area contributed by atoms with E-state index in [2.05, 4.69) is 0 Å². The Morgan fingerprint density at radius 2 is 1.03 bits per heavy atom. The molecular weight excluding hydrogens is 372 g/mol. The highest BCUT2D eigenvalue weighted by Crippen LogP contribution is 2.32. The van der Waals surface area contributed by atoms with Crippen LogP contribution in [0.1, 0.15) is 31.8 Å². The lowest BCUT2D eigenvalue weighted by atomic mass is 9.95. The van der Waals surface area contributed by atoms with E-state index in [9.17, 15) is 9.59 Å². The number of carbonyl (C=O) groups is 2. The molecule has 3 heteroatoms. The van der Waals surface area contributed by atoms with E-state index in [0.29, 0.717) is 28.0 Å². The fourth-order valence-electron chi connectivity index (χ4n) is 3.39. The molecule has 0 aliphatic rings. The molecule has 4 aromatic carbocycles. The van der Waals surface area contributed by atoms with E-state index in [1.807, 2.05) is 54.6 Å². The Morgan fingerprint density at radius 3 is 1.57 bits per heavy atom. The summed E-state index contributed by atoms with van der Waals surface area (Å²) in [6.07, 6.45) is 0. The number of carbonyl (C=O) groups excluding carboxylic acids is 2. The molecule has 0 spiro atoms. The average molecular weight is 392 g/mol. The molecule has 0 amide bonds. The third kappa shape index (κ3) is 3.91. The summed E-state index contributed by atoms with van der Waals surface area (Å²) in [6, 6.07) is 31.1. The summed E-state index contributed by atoms with van der Waals surface area (Å²) in [7, 11) is 1.60. The molecule has 146 valence electrons. The fourth-order valence-corrected chi connectivity index (χ4v) is 3.39. The summed E-state index contributed by atoms with van der Waals surface area (Å²) in [4.78, 5) is 25.5.